The van der Waals surface area contributed by atoms with Crippen LogP contribution in [0.1, 0.15) is 21.5 Å². The molecule has 0 aromatic heterocycles. The Bertz CT molecular complexity index is 692. The average Bonchev–Trinajstić information content (AvgIpc) is 2.45. The van der Waals surface area contributed by atoms with E-state index in [2.05, 4.69) is 55.7 Å². The van der Waals surface area contributed by atoms with Crippen LogP contribution in [0, 0.1) is 14.1 Å². The van der Waals surface area contributed by atoms with Crippen molar-refractivity contribution in [3.63, 3.8) is 0 Å². The summed E-state index contributed by atoms with van der Waals surface area (Å²) in [7, 11) is 0. The molecule has 0 aliphatic heterocycles. The molecule has 0 spiro atoms. The largest absolute Gasteiger partial charge is 0.506 e. The zero-order valence-electron chi connectivity index (χ0n) is 11.1. The predicted molar refractivity (Wildman–Crippen MR) is 99.8 cm³/mol. The monoisotopic (exact) mass is 506 g/mol. The number of phenols is 1. The van der Waals surface area contributed by atoms with Gasteiger partial charge in [0.15, 0.2) is 0 Å². The Morgan fingerprint density at radius 2 is 1.86 bits per heavy atom. The van der Waals surface area contributed by atoms with Crippen molar-refractivity contribution in [2.75, 3.05) is 0 Å². The average molecular weight is 506 g/mol. The maximum absolute atomic E-state index is 12.0. The Hall–Kier alpha value is -1.16. The van der Waals surface area contributed by atoms with E-state index in [1.54, 1.807) is 24.4 Å². The number of aromatic hydroxyl groups is 1. The first-order valence-electron chi connectivity index (χ1n) is 6.06. The number of hydrazone groups is 1. The van der Waals surface area contributed by atoms with Crippen LogP contribution in [0.4, 0.5) is 0 Å². The van der Waals surface area contributed by atoms with E-state index >= 15 is 0 Å². The van der Waals surface area contributed by atoms with Gasteiger partial charge in [0.25, 0.3) is 5.91 Å². The molecule has 21 heavy (non-hydrogen) atoms. The van der Waals surface area contributed by atoms with Gasteiger partial charge in [0.05, 0.1) is 13.4 Å². The fourth-order valence-corrected chi connectivity index (χ4v) is 3.53. The molecule has 4 nitrogen and oxygen atoms in total. The smallest absolute Gasteiger partial charge is 0.271 e. The van der Waals surface area contributed by atoms with Crippen LogP contribution in [0.15, 0.2) is 41.5 Å². The number of phenolic OH excluding ortho intramolecular Hbond substituents is 1. The third-order valence-corrected chi connectivity index (χ3v) is 4.45. The lowest BCUT2D eigenvalue weighted by Gasteiger charge is -2.04. The van der Waals surface area contributed by atoms with E-state index in [0.717, 1.165) is 18.3 Å². The van der Waals surface area contributed by atoms with E-state index in [-0.39, 0.29) is 11.7 Å². The molecule has 0 saturated carbocycles. The molecule has 2 aromatic carbocycles. The van der Waals surface area contributed by atoms with Crippen LogP contribution in [-0.4, -0.2) is 17.2 Å². The molecule has 0 heterocycles. The Balaban J connectivity index is 2.10. The van der Waals surface area contributed by atoms with Gasteiger partial charge in [0.2, 0.25) is 0 Å². The van der Waals surface area contributed by atoms with Crippen LogP contribution in [0.3, 0.4) is 0 Å². The number of hydrogen-bond acceptors (Lipinski definition) is 3. The van der Waals surface area contributed by atoms with Gasteiger partial charge in [-0.15, -0.1) is 0 Å². The zero-order valence-corrected chi connectivity index (χ0v) is 15.4. The summed E-state index contributed by atoms with van der Waals surface area (Å²) >= 11 is 4.10. The first-order chi connectivity index (χ1) is 9.99. The minimum absolute atomic E-state index is 0.243. The van der Waals surface area contributed by atoms with Crippen LogP contribution >= 0.6 is 45.2 Å². The van der Waals surface area contributed by atoms with Crippen molar-refractivity contribution in [2.45, 2.75) is 6.92 Å². The van der Waals surface area contributed by atoms with Gasteiger partial charge >= 0.3 is 0 Å². The number of hydrogen-bond donors (Lipinski definition) is 2. The summed E-state index contributed by atoms with van der Waals surface area (Å²) in [5.41, 5.74) is 4.82. The summed E-state index contributed by atoms with van der Waals surface area (Å²) in [5.74, 6) is 0.0184. The molecule has 2 rings (SSSR count). The Kier molecular flexibility index (Phi) is 5.57. The first kappa shape index (κ1) is 16.2. The number of amides is 1. The third kappa shape index (κ3) is 4.16. The van der Waals surface area contributed by atoms with Crippen molar-refractivity contribution >= 4 is 57.3 Å². The van der Waals surface area contributed by atoms with Gasteiger partial charge in [-0.25, -0.2) is 5.43 Å². The highest BCUT2D eigenvalue weighted by molar-refractivity contribution is 14.1. The highest BCUT2D eigenvalue weighted by Gasteiger charge is 2.07. The second kappa shape index (κ2) is 7.21. The highest BCUT2D eigenvalue weighted by Crippen LogP contribution is 2.26. The predicted octanol–water partition coefficient (Wildman–Crippen LogP) is 3.67. The second-order valence-electron chi connectivity index (χ2n) is 4.35. The topological polar surface area (TPSA) is 61.7 Å². The van der Waals surface area contributed by atoms with Gasteiger partial charge in [-0.05, 0) is 81.4 Å². The molecular weight excluding hydrogens is 494 g/mol. The molecule has 2 aromatic rings. The lowest BCUT2D eigenvalue weighted by atomic mass is 10.1. The molecule has 0 unspecified atom stereocenters. The Labute approximate surface area is 149 Å². The number of carbonyl (C=O) groups excluding carboxylic acids is 1. The van der Waals surface area contributed by atoms with Gasteiger partial charge in [-0.1, -0.05) is 18.2 Å². The van der Waals surface area contributed by atoms with Crippen LogP contribution in [0.2, 0.25) is 0 Å². The van der Waals surface area contributed by atoms with Crippen LogP contribution in [-0.2, 0) is 0 Å². The molecule has 0 aliphatic rings. The molecule has 1 amide bonds. The summed E-state index contributed by atoms with van der Waals surface area (Å²) in [6, 6.07) is 10.9. The molecule has 0 radical (unpaired) electrons. The molecule has 0 bridgehead atoms. The van der Waals surface area contributed by atoms with Crippen LogP contribution < -0.4 is 5.43 Å². The molecule has 0 aliphatic carbocycles. The number of nitrogens with zero attached hydrogens (tertiary/aromatic N) is 1. The third-order valence-electron chi connectivity index (χ3n) is 2.81. The van der Waals surface area contributed by atoms with Gasteiger partial charge < -0.3 is 5.11 Å². The molecule has 0 atom stereocenters. The molecular formula is C15H12I2N2O2. The number of carbonyl (C=O) groups is 1. The summed E-state index contributed by atoms with van der Waals surface area (Å²) in [4.78, 5) is 12.0. The quantitative estimate of drug-likeness (QED) is 0.380. The van der Waals surface area contributed by atoms with Crippen molar-refractivity contribution in [1.82, 2.24) is 5.43 Å². The highest BCUT2D eigenvalue weighted by atomic mass is 127. The summed E-state index contributed by atoms with van der Waals surface area (Å²) in [5, 5.41) is 13.7. The maximum Gasteiger partial charge on any atom is 0.271 e. The van der Waals surface area contributed by atoms with E-state index in [4.69, 9.17) is 0 Å². The molecule has 0 fully saturated rings. The van der Waals surface area contributed by atoms with E-state index in [1.165, 1.54) is 0 Å². The van der Waals surface area contributed by atoms with Gasteiger partial charge in [0, 0.05) is 5.56 Å². The standard InChI is InChI=1S/C15H12I2N2O2/c1-9-4-2-3-5-11(9)15(21)19-18-8-10-6-12(16)14(20)13(17)7-10/h2-8,20H,1H3,(H,19,21)/b18-8-. The SMILES string of the molecule is Cc1ccccc1C(=O)N/N=C\c1cc(I)c(O)c(I)c1. The number of nitrogens with one attached hydrogen (secondary N) is 1. The fraction of sp³-hybridized carbons (Fsp3) is 0.0667. The summed E-state index contributed by atoms with van der Waals surface area (Å²) in [6.45, 7) is 1.88. The van der Waals surface area contributed by atoms with Crippen molar-refractivity contribution in [2.24, 2.45) is 5.10 Å². The van der Waals surface area contributed by atoms with Gasteiger partial charge in [-0.2, -0.15) is 5.10 Å². The van der Waals surface area contributed by atoms with Crippen LogP contribution in [0.5, 0.6) is 5.75 Å². The molecule has 2 N–H and O–H groups in total. The van der Waals surface area contributed by atoms with E-state index in [0.29, 0.717) is 5.56 Å². The van der Waals surface area contributed by atoms with Crippen molar-refractivity contribution < 1.29 is 9.90 Å². The minimum Gasteiger partial charge on any atom is -0.506 e. The lowest BCUT2D eigenvalue weighted by Crippen LogP contribution is -2.18. The zero-order chi connectivity index (χ0) is 15.4. The Morgan fingerprint density at radius 1 is 1.24 bits per heavy atom. The van der Waals surface area contributed by atoms with E-state index in [1.807, 2.05) is 25.1 Å². The maximum atomic E-state index is 12.0. The fourth-order valence-electron chi connectivity index (χ4n) is 1.71. The van der Waals surface area contributed by atoms with Crippen molar-refractivity contribution in [3.05, 3.63) is 60.2 Å². The van der Waals surface area contributed by atoms with E-state index < -0.39 is 0 Å². The van der Waals surface area contributed by atoms with Gasteiger partial charge in [0.1, 0.15) is 5.75 Å². The number of aryl methyl sites for hydroxylation is 1. The van der Waals surface area contributed by atoms with Crippen molar-refractivity contribution in [1.29, 1.82) is 0 Å². The molecule has 6 heteroatoms. The summed E-state index contributed by atoms with van der Waals surface area (Å²) < 4.78 is 1.48. The molecule has 108 valence electrons. The number of halogens is 2. The first-order valence-corrected chi connectivity index (χ1v) is 8.22. The minimum atomic E-state index is -0.243. The Morgan fingerprint density at radius 3 is 2.48 bits per heavy atom. The lowest BCUT2D eigenvalue weighted by molar-refractivity contribution is 0.0954. The summed E-state index contributed by atoms with van der Waals surface area (Å²) in [6.07, 6.45) is 1.56. The van der Waals surface area contributed by atoms with Crippen molar-refractivity contribution in [3.8, 4) is 5.75 Å². The second-order valence-corrected chi connectivity index (χ2v) is 6.67. The molecule has 0 saturated heterocycles. The van der Waals surface area contributed by atoms with E-state index in [9.17, 15) is 9.90 Å². The normalized spacial score (nSPS) is 10.8. The van der Waals surface area contributed by atoms with Crippen LogP contribution in [0.25, 0.3) is 0 Å². The number of rotatable bonds is 3. The number of benzene rings is 2. The van der Waals surface area contributed by atoms with Gasteiger partial charge in [-0.3, -0.25) is 4.79 Å².